The molecular weight excluding hydrogens is 228 g/mol. The van der Waals surface area contributed by atoms with Crippen molar-refractivity contribution in [1.29, 1.82) is 0 Å². The van der Waals surface area contributed by atoms with E-state index >= 15 is 0 Å². The van der Waals surface area contributed by atoms with E-state index in [2.05, 4.69) is 42.7 Å². The lowest BCUT2D eigenvalue weighted by molar-refractivity contribution is 0.227. The van der Waals surface area contributed by atoms with E-state index in [1.54, 1.807) is 0 Å². The van der Waals surface area contributed by atoms with Gasteiger partial charge in [0.1, 0.15) is 0 Å². The first-order valence-electron chi connectivity index (χ1n) is 6.36. The van der Waals surface area contributed by atoms with Gasteiger partial charge < -0.3 is 15.7 Å². The van der Waals surface area contributed by atoms with Gasteiger partial charge in [-0.3, -0.25) is 0 Å². The topological polar surface area (TPSA) is 61.4 Å². The van der Waals surface area contributed by atoms with Gasteiger partial charge in [-0.05, 0) is 30.4 Å². The number of nitrogens with one attached hydrogen (secondary N) is 2. The number of hydrogen-bond donors (Lipinski definition) is 3. The Hall–Kier alpha value is -1.55. The molecule has 2 rings (SSSR count). The van der Waals surface area contributed by atoms with E-state index in [-0.39, 0.29) is 25.2 Å². The van der Waals surface area contributed by atoms with Crippen molar-refractivity contribution in [2.45, 2.75) is 26.3 Å². The molecule has 1 aliphatic carbocycles. The summed E-state index contributed by atoms with van der Waals surface area (Å²) in [6, 6.07) is 6.26. The molecule has 0 aliphatic heterocycles. The quantitative estimate of drug-likeness (QED) is 0.759. The highest BCUT2D eigenvalue weighted by molar-refractivity contribution is 5.74. The molecule has 0 radical (unpaired) electrons. The van der Waals surface area contributed by atoms with Crippen LogP contribution in [-0.4, -0.2) is 24.3 Å². The third-order valence-corrected chi connectivity index (χ3v) is 3.43. The minimum absolute atomic E-state index is 0.0384. The molecule has 2 atom stereocenters. The second-order valence-electron chi connectivity index (χ2n) is 4.99. The standard InChI is InChI=1S/C14H20N2O2/c1-9-3-4-11-8-10(2)13(12(11)7-9)16-14(18)15-5-6-17/h3-4,7,10,13,17H,5-6,8H2,1-2H3,(H2,15,16,18). The molecule has 1 aliphatic rings. The van der Waals surface area contributed by atoms with Crippen molar-refractivity contribution in [3.05, 3.63) is 34.9 Å². The van der Waals surface area contributed by atoms with E-state index in [4.69, 9.17) is 5.11 Å². The maximum absolute atomic E-state index is 11.7. The molecule has 0 aromatic heterocycles. The number of urea groups is 1. The molecule has 0 heterocycles. The van der Waals surface area contributed by atoms with Gasteiger partial charge in [0.25, 0.3) is 0 Å². The number of benzene rings is 1. The van der Waals surface area contributed by atoms with Gasteiger partial charge in [-0.2, -0.15) is 0 Å². The fourth-order valence-electron chi connectivity index (χ4n) is 2.54. The molecule has 0 bridgehead atoms. The lowest BCUT2D eigenvalue weighted by Crippen LogP contribution is -2.40. The highest BCUT2D eigenvalue weighted by Gasteiger charge is 2.30. The minimum atomic E-state index is -0.213. The number of hydrogen-bond acceptors (Lipinski definition) is 2. The van der Waals surface area contributed by atoms with Gasteiger partial charge >= 0.3 is 6.03 Å². The summed E-state index contributed by atoms with van der Waals surface area (Å²) >= 11 is 0. The van der Waals surface area contributed by atoms with Crippen LogP contribution in [0.1, 0.15) is 29.7 Å². The number of amides is 2. The molecule has 1 aromatic carbocycles. The number of carbonyl (C=O) groups is 1. The number of carbonyl (C=O) groups excluding carboxylic acids is 1. The van der Waals surface area contributed by atoms with Gasteiger partial charge in [-0.25, -0.2) is 4.79 Å². The van der Waals surface area contributed by atoms with Gasteiger partial charge in [0.15, 0.2) is 0 Å². The minimum Gasteiger partial charge on any atom is -0.395 e. The third-order valence-electron chi connectivity index (χ3n) is 3.43. The van der Waals surface area contributed by atoms with Gasteiger partial charge in [-0.1, -0.05) is 30.7 Å². The second-order valence-corrected chi connectivity index (χ2v) is 4.99. The molecule has 18 heavy (non-hydrogen) atoms. The summed E-state index contributed by atoms with van der Waals surface area (Å²) in [6.07, 6.45) is 1.00. The van der Waals surface area contributed by atoms with Crippen LogP contribution in [0.2, 0.25) is 0 Å². The Morgan fingerprint density at radius 1 is 1.50 bits per heavy atom. The molecule has 0 spiro atoms. The van der Waals surface area contributed by atoms with Crippen LogP contribution in [0.5, 0.6) is 0 Å². The van der Waals surface area contributed by atoms with Gasteiger partial charge in [0.2, 0.25) is 0 Å². The van der Waals surface area contributed by atoms with Gasteiger partial charge in [0.05, 0.1) is 12.6 Å². The van der Waals surface area contributed by atoms with E-state index in [0.717, 1.165) is 6.42 Å². The van der Waals surface area contributed by atoms with Crippen LogP contribution in [0, 0.1) is 12.8 Å². The van der Waals surface area contributed by atoms with Crippen molar-refractivity contribution in [2.75, 3.05) is 13.2 Å². The smallest absolute Gasteiger partial charge is 0.315 e. The van der Waals surface area contributed by atoms with Gasteiger partial charge in [-0.15, -0.1) is 0 Å². The first kappa shape index (κ1) is 12.9. The van der Waals surface area contributed by atoms with Crippen molar-refractivity contribution in [3.8, 4) is 0 Å². The van der Waals surface area contributed by atoms with Crippen molar-refractivity contribution in [3.63, 3.8) is 0 Å². The van der Waals surface area contributed by atoms with Crippen LogP contribution in [0.15, 0.2) is 18.2 Å². The molecule has 4 nitrogen and oxygen atoms in total. The first-order valence-corrected chi connectivity index (χ1v) is 6.36. The molecule has 0 saturated carbocycles. The lowest BCUT2D eigenvalue weighted by Gasteiger charge is -2.19. The molecule has 98 valence electrons. The second kappa shape index (κ2) is 5.40. The summed E-state index contributed by atoms with van der Waals surface area (Å²) in [6.45, 7) is 4.45. The molecule has 0 saturated heterocycles. The Bertz CT molecular complexity index is 445. The predicted octanol–water partition coefficient (Wildman–Crippen LogP) is 1.52. The summed E-state index contributed by atoms with van der Waals surface area (Å²) in [5, 5.41) is 14.3. The van der Waals surface area contributed by atoms with Crippen molar-refractivity contribution in [2.24, 2.45) is 5.92 Å². The Labute approximate surface area is 107 Å². The highest BCUT2D eigenvalue weighted by atomic mass is 16.3. The largest absolute Gasteiger partial charge is 0.395 e. The molecule has 4 heteroatoms. The summed E-state index contributed by atoms with van der Waals surface area (Å²) < 4.78 is 0. The van der Waals surface area contributed by atoms with Crippen LogP contribution >= 0.6 is 0 Å². The molecule has 0 fully saturated rings. The summed E-state index contributed by atoms with van der Waals surface area (Å²) in [5.41, 5.74) is 3.76. The fourth-order valence-corrected chi connectivity index (χ4v) is 2.54. The SMILES string of the molecule is Cc1ccc2c(c1)C(NC(=O)NCCO)C(C)C2. The van der Waals surface area contributed by atoms with E-state index in [0.29, 0.717) is 5.92 Å². The summed E-state index contributed by atoms with van der Waals surface area (Å²) in [5.74, 6) is 0.404. The van der Waals surface area contributed by atoms with Crippen LogP contribution in [0.4, 0.5) is 4.79 Å². The number of aryl methyl sites for hydroxylation is 1. The Kier molecular flexibility index (Phi) is 3.87. The zero-order valence-corrected chi connectivity index (χ0v) is 10.9. The van der Waals surface area contributed by atoms with E-state index in [9.17, 15) is 4.79 Å². The number of fused-ring (bicyclic) bond motifs is 1. The maximum Gasteiger partial charge on any atom is 0.315 e. The number of aliphatic hydroxyl groups is 1. The predicted molar refractivity (Wildman–Crippen MR) is 70.4 cm³/mol. The summed E-state index contributed by atoms with van der Waals surface area (Å²) in [4.78, 5) is 11.7. The Morgan fingerprint density at radius 2 is 2.28 bits per heavy atom. The first-order chi connectivity index (χ1) is 8.61. The van der Waals surface area contributed by atoms with Crippen LogP contribution in [0.25, 0.3) is 0 Å². The Balaban J connectivity index is 2.10. The average Bonchev–Trinajstić information content (AvgIpc) is 2.63. The molecule has 2 unspecified atom stereocenters. The lowest BCUT2D eigenvalue weighted by atomic mass is 10.0. The zero-order chi connectivity index (χ0) is 13.1. The average molecular weight is 248 g/mol. The highest BCUT2D eigenvalue weighted by Crippen LogP contribution is 2.36. The van der Waals surface area contributed by atoms with E-state index < -0.39 is 0 Å². The number of rotatable bonds is 3. The van der Waals surface area contributed by atoms with Crippen LogP contribution in [-0.2, 0) is 6.42 Å². The molecule has 3 N–H and O–H groups in total. The van der Waals surface area contributed by atoms with Gasteiger partial charge in [0, 0.05) is 6.54 Å². The van der Waals surface area contributed by atoms with Crippen molar-refractivity contribution in [1.82, 2.24) is 10.6 Å². The normalized spacial score (nSPS) is 21.5. The van der Waals surface area contributed by atoms with Crippen LogP contribution in [0.3, 0.4) is 0 Å². The summed E-state index contributed by atoms with van der Waals surface area (Å²) in [7, 11) is 0. The van der Waals surface area contributed by atoms with Crippen molar-refractivity contribution < 1.29 is 9.90 Å². The van der Waals surface area contributed by atoms with E-state index in [1.807, 2.05) is 0 Å². The molecular formula is C14H20N2O2. The molecule has 1 aromatic rings. The molecule has 2 amide bonds. The maximum atomic E-state index is 11.7. The van der Waals surface area contributed by atoms with E-state index in [1.165, 1.54) is 16.7 Å². The monoisotopic (exact) mass is 248 g/mol. The zero-order valence-electron chi connectivity index (χ0n) is 10.9. The van der Waals surface area contributed by atoms with Crippen molar-refractivity contribution >= 4 is 6.03 Å². The van der Waals surface area contributed by atoms with Crippen LogP contribution < -0.4 is 10.6 Å². The Morgan fingerprint density at radius 3 is 3.00 bits per heavy atom. The third kappa shape index (κ3) is 2.64. The fraction of sp³-hybridized carbons (Fsp3) is 0.500. The number of aliphatic hydroxyl groups excluding tert-OH is 1.